The van der Waals surface area contributed by atoms with Crippen LogP contribution in [0.4, 0.5) is 21.9 Å². The van der Waals surface area contributed by atoms with Crippen LogP contribution in [0, 0.1) is 18.8 Å². The summed E-state index contributed by atoms with van der Waals surface area (Å²) in [6, 6.07) is 12.7. The van der Waals surface area contributed by atoms with Crippen LogP contribution in [0.15, 0.2) is 54.1 Å². The number of ether oxygens (including phenoxy) is 3. The van der Waals surface area contributed by atoms with Crippen molar-refractivity contribution in [3.63, 3.8) is 0 Å². The van der Waals surface area contributed by atoms with Gasteiger partial charge in [0.25, 0.3) is 0 Å². The Morgan fingerprint density at radius 2 is 1.63 bits per heavy atom. The van der Waals surface area contributed by atoms with Gasteiger partial charge >= 0.3 is 18.0 Å². The molecule has 10 nitrogen and oxygen atoms in total. The Hall–Kier alpha value is -3.89. The van der Waals surface area contributed by atoms with Crippen molar-refractivity contribution in [3.05, 3.63) is 65.2 Å². The molecule has 0 bridgehead atoms. The number of carbonyl (C=O) groups is 3. The maximum absolute atomic E-state index is 13.2. The van der Waals surface area contributed by atoms with Crippen LogP contribution < -0.4 is 15.5 Å². The molecule has 2 atom stereocenters. The number of esters is 1. The third-order valence-corrected chi connectivity index (χ3v) is 6.81. The third-order valence-electron chi connectivity index (χ3n) is 6.81. The van der Waals surface area contributed by atoms with Crippen LogP contribution in [0.5, 0.6) is 0 Å². The molecule has 0 aliphatic heterocycles. The number of benzene rings is 2. The second-order valence-electron chi connectivity index (χ2n) is 11.3. The molecule has 2 aromatic rings. The molecule has 2 unspecified atom stereocenters. The van der Waals surface area contributed by atoms with Gasteiger partial charge in [0.05, 0.1) is 38.1 Å². The normalized spacial score (nSPS) is 12.9. The first-order chi connectivity index (χ1) is 20.5. The summed E-state index contributed by atoms with van der Waals surface area (Å²) in [6.45, 7) is 10.1. The average molecular weight is 598 g/mol. The second kappa shape index (κ2) is 17.9. The molecule has 0 radical (unpaired) electrons. The molecule has 2 amide bonds. The van der Waals surface area contributed by atoms with E-state index in [1.165, 1.54) is 14.2 Å². The Morgan fingerprint density at radius 3 is 2.21 bits per heavy atom. The van der Waals surface area contributed by atoms with E-state index in [0.29, 0.717) is 49.0 Å². The lowest BCUT2D eigenvalue weighted by molar-refractivity contribution is -0.138. The van der Waals surface area contributed by atoms with E-state index in [1.807, 2.05) is 49.4 Å². The number of methoxy groups -OCH3 is 3. The van der Waals surface area contributed by atoms with Gasteiger partial charge < -0.3 is 34.9 Å². The third kappa shape index (κ3) is 12.1. The van der Waals surface area contributed by atoms with Crippen LogP contribution in [0.25, 0.3) is 0 Å². The van der Waals surface area contributed by atoms with E-state index < -0.39 is 17.9 Å². The number of aryl methyl sites for hydroxylation is 1. The van der Waals surface area contributed by atoms with Crippen LogP contribution in [0.1, 0.15) is 50.7 Å². The molecule has 0 aliphatic carbocycles. The molecule has 0 fully saturated rings. The van der Waals surface area contributed by atoms with E-state index >= 15 is 0 Å². The van der Waals surface area contributed by atoms with Crippen molar-refractivity contribution < 1.29 is 33.7 Å². The highest BCUT2D eigenvalue weighted by Gasteiger charge is 2.23. The molecule has 236 valence electrons. The van der Waals surface area contributed by atoms with E-state index in [9.17, 15) is 19.5 Å². The molecule has 3 N–H and O–H groups in total. The molecule has 0 aromatic heterocycles. The van der Waals surface area contributed by atoms with E-state index in [4.69, 9.17) is 14.2 Å². The molecule has 2 aromatic carbocycles. The Kier molecular flexibility index (Phi) is 14.7. The number of rotatable bonds is 17. The number of urea groups is 1. The minimum absolute atomic E-state index is 0.0446. The summed E-state index contributed by atoms with van der Waals surface area (Å²) < 4.78 is 15.4. The SMILES string of the molecule is COC/C=C(\CC(C)CN(CC(C)C)c1ccc(C(COC)CC(=O)O)cc1NC(=O)Nc1ccc(C)cc1)C(=O)OC. The van der Waals surface area contributed by atoms with Crippen molar-refractivity contribution in [1.29, 1.82) is 0 Å². The average Bonchev–Trinajstić information content (AvgIpc) is 2.95. The first-order valence-electron chi connectivity index (χ1n) is 14.5. The van der Waals surface area contributed by atoms with E-state index in [0.717, 1.165) is 16.8 Å². The Balaban J connectivity index is 2.48. The number of amides is 2. The minimum atomic E-state index is -0.934. The van der Waals surface area contributed by atoms with Crippen LogP contribution in [0.2, 0.25) is 0 Å². The quantitative estimate of drug-likeness (QED) is 0.148. The number of anilines is 3. The van der Waals surface area contributed by atoms with Gasteiger partial charge in [0.1, 0.15) is 0 Å². The van der Waals surface area contributed by atoms with Crippen molar-refractivity contribution in [1.82, 2.24) is 0 Å². The Labute approximate surface area is 255 Å². The standard InChI is InChI=1S/C33H47N3O7/c1-22(2)19-36(20-24(4)16-26(14-15-41-5)32(39)43-7)30-13-10-25(27(21-42-6)18-31(37)38)17-29(30)35-33(40)34-28-11-8-23(3)9-12-28/h8-14,17,22,24,27H,15-16,18-21H2,1-7H3,(H,37,38)(H2,34,35,40)/b26-14+. The van der Waals surface area contributed by atoms with Gasteiger partial charge in [0.2, 0.25) is 0 Å². The zero-order chi connectivity index (χ0) is 31.9. The zero-order valence-electron chi connectivity index (χ0n) is 26.4. The number of aliphatic carboxylic acids is 1. The first kappa shape index (κ1) is 35.3. The molecule has 43 heavy (non-hydrogen) atoms. The summed E-state index contributed by atoms with van der Waals surface area (Å²) in [5.74, 6) is -1.39. The smallest absolute Gasteiger partial charge is 0.333 e. The molecule has 10 heteroatoms. The van der Waals surface area contributed by atoms with E-state index in [2.05, 4.69) is 36.3 Å². The van der Waals surface area contributed by atoms with Crippen molar-refractivity contribution in [2.75, 3.05) is 63.2 Å². The lowest BCUT2D eigenvalue weighted by Gasteiger charge is -2.32. The van der Waals surface area contributed by atoms with Gasteiger partial charge in [-0.05, 0) is 61.1 Å². The first-order valence-corrected chi connectivity index (χ1v) is 14.5. The summed E-state index contributed by atoms with van der Waals surface area (Å²) >= 11 is 0. The highest BCUT2D eigenvalue weighted by molar-refractivity contribution is 6.02. The fraction of sp³-hybridized carbons (Fsp3) is 0.485. The maximum Gasteiger partial charge on any atom is 0.333 e. The molecular weight excluding hydrogens is 550 g/mol. The highest BCUT2D eigenvalue weighted by Crippen LogP contribution is 2.33. The number of carbonyl (C=O) groups excluding carboxylic acids is 2. The van der Waals surface area contributed by atoms with Crippen molar-refractivity contribution in [3.8, 4) is 0 Å². The Morgan fingerprint density at radius 1 is 0.930 bits per heavy atom. The number of nitrogens with one attached hydrogen (secondary N) is 2. The van der Waals surface area contributed by atoms with E-state index in [-0.39, 0.29) is 24.9 Å². The molecule has 0 aliphatic rings. The summed E-state index contributed by atoms with van der Waals surface area (Å²) in [5, 5.41) is 15.4. The van der Waals surface area contributed by atoms with Crippen molar-refractivity contribution in [2.45, 2.75) is 46.5 Å². The fourth-order valence-electron chi connectivity index (χ4n) is 4.88. The van der Waals surface area contributed by atoms with Crippen LogP contribution in [0.3, 0.4) is 0 Å². The molecule has 0 saturated heterocycles. The van der Waals surface area contributed by atoms with Crippen LogP contribution >= 0.6 is 0 Å². The lowest BCUT2D eigenvalue weighted by atomic mass is 9.94. The molecular formula is C33H47N3O7. The van der Waals surface area contributed by atoms with E-state index in [1.54, 1.807) is 13.2 Å². The fourth-order valence-corrected chi connectivity index (χ4v) is 4.88. The van der Waals surface area contributed by atoms with Crippen LogP contribution in [-0.2, 0) is 23.8 Å². The van der Waals surface area contributed by atoms with Gasteiger partial charge in [-0.2, -0.15) is 0 Å². The second-order valence-corrected chi connectivity index (χ2v) is 11.3. The molecule has 0 heterocycles. The topological polar surface area (TPSA) is 126 Å². The number of nitrogens with zero attached hydrogens (tertiary/aromatic N) is 1. The largest absolute Gasteiger partial charge is 0.481 e. The zero-order valence-corrected chi connectivity index (χ0v) is 26.4. The van der Waals surface area contributed by atoms with Gasteiger partial charge in [-0.15, -0.1) is 0 Å². The number of hydrogen-bond donors (Lipinski definition) is 3. The number of hydrogen-bond acceptors (Lipinski definition) is 7. The summed E-state index contributed by atoms with van der Waals surface area (Å²) in [7, 11) is 4.47. The van der Waals surface area contributed by atoms with Crippen molar-refractivity contribution in [2.24, 2.45) is 11.8 Å². The minimum Gasteiger partial charge on any atom is -0.481 e. The Bertz CT molecular complexity index is 1230. The predicted molar refractivity (Wildman–Crippen MR) is 170 cm³/mol. The molecule has 0 spiro atoms. The number of carboxylic acids is 1. The summed E-state index contributed by atoms with van der Waals surface area (Å²) in [6.07, 6.45) is 2.11. The summed E-state index contributed by atoms with van der Waals surface area (Å²) in [4.78, 5) is 39.4. The van der Waals surface area contributed by atoms with Gasteiger partial charge in [-0.1, -0.05) is 44.5 Å². The van der Waals surface area contributed by atoms with Crippen molar-refractivity contribution >= 4 is 35.0 Å². The number of carboxylic acid groups (broad SMARTS) is 1. The van der Waals surface area contributed by atoms with Gasteiger partial charge in [0, 0.05) is 44.5 Å². The highest BCUT2D eigenvalue weighted by atomic mass is 16.5. The molecule has 0 saturated carbocycles. The maximum atomic E-state index is 13.2. The predicted octanol–water partition coefficient (Wildman–Crippen LogP) is 6.08. The van der Waals surface area contributed by atoms with Gasteiger partial charge in [0.15, 0.2) is 0 Å². The monoisotopic (exact) mass is 597 g/mol. The molecule has 2 rings (SSSR count). The van der Waals surface area contributed by atoms with Gasteiger partial charge in [-0.25, -0.2) is 9.59 Å². The van der Waals surface area contributed by atoms with Gasteiger partial charge in [-0.3, -0.25) is 4.79 Å². The van der Waals surface area contributed by atoms with Crippen LogP contribution in [-0.4, -0.2) is 70.7 Å². The summed E-state index contributed by atoms with van der Waals surface area (Å²) in [5.41, 5.74) is 4.35. The lowest BCUT2D eigenvalue weighted by Crippen LogP contribution is -2.34.